The van der Waals surface area contributed by atoms with Crippen molar-refractivity contribution in [3.63, 3.8) is 0 Å². The number of halogens is 1. The Morgan fingerprint density at radius 2 is 2.29 bits per heavy atom. The van der Waals surface area contributed by atoms with Gasteiger partial charge in [0.15, 0.2) is 5.96 Å². The SMILES string of the molecule is Br.COc1cc(CN=C(N)N)ccn1. The van der Waals surface area contributed by atoms with Gasteiger partial charge in [-0.2, -0.15) is 0 Å². The van der Waals surface area contributed by atoms with Crippen LogP contribution >= 0.6 is 17.0 Å². The molecule has 1 aromatic rings. The van der Waals surface area contributed by atoms with Gasteiger partial charge in [0, 0.05) is 12.3 Å². The first-order chi connectivity index (χ1) is 6.22. The molecular weight excluding hydrogens is 248 g/mol. The van der Waals surface area contributed by atoms with E-state index < -0.39 is 0 Å². The highest BCUT2D eigenvalue weighted by Crippen LogP contribution is 2.08. The fourth-order valence-corrected chi connectivity index (χ4v) is 0.843. The Kier molecular flexibility index (Phi) is 5.62. The molecule has 14 heavy (non-hydrogen) atoms. The summed E-state index contributed by atoms with van der Waals surface area (Å²) in [6.07, 6.45) is 1.65. The van der Waals surface area contributed by atoms with E-state index in [0.717, 1.165) is 5.56 Å². The number of hydrogen-bond donors (Lipinski definition) is 2. The first-order valence-corrected chi connectivity index (χ1v) is 3.76. The standard InChI is InChI=1S/C8H12N4O.BrH/c1-13-7-4-6(2-3-11-7)5-12-8(9)10;/h2-4H,5H2,1H3,(H4,9,10,12);1H. The second-order valence-electron chi connectivity index (χ2n) is 2.45. The summed E-state index contributed by atoms with van der Waals surface area (Å²) in [5.41, 5.74) is 11.3. The summed E-state index contributed by atoms with van der Waals surface area (Å²) in [6, 6.07) is 3.61. The fourth-order valence-electron chi connectivity index (χ4n) is 0.843. The highest BCUT2D eigenvalue weighted by molar-refractivity contribution is 8.93. The third-order valence-electron chi connectivity index (χ3n) is 1.45. The van der Waals surface area contributed by atoms with E-state index in [1.807, 2.05) is 6.07 Å². The Hall–Kier alpha value is -1.30. The Labute approximate surface area is 92.9 Å². The van der Waals surface area contributed by atoms with Crippen LogP contribution in [-0.2, 0) is 6.54 Å². The van der Waals surface area contributed by atoms with E-state index in [-0.39, 0.29) is 22.9 Å². The molecule has 0 saturated heterocycles. The van der Waals surface area contributed by atoms with Crippen LogP contribution in [0.5, 0.6) is 5.88 Å². The Bertz CT molecular complexity index is 312. The highest BCUT2D eigenvalue weighted by Gasteiger charge is 1.95. The van der Waals surface area contributed by atoms with Crippen molar-refractivity contribution < 1.29 is 4.74 Å². The molecule has 0 aliphatic rings. The van der Waals surface area contributed by atoms with Crippen molar-refractivity contribution in [2.24, 2.45) is 16.5 Å². The van der Waals surface area contributed by atoms with Gasteiger partial charge < -0.3 is 16.2 Å². The number of methoxy groups -OCH3 is 1. The van der Waals surface area contributed by atoms with Gasteiger partial charge in [-0.25, -0.2) is 9.98 Å². The molecule has 1 heterocycles. The van der Waals surface area contributed by atoms with Crippen LogP contribution in [-0.4, -0.2) is 18.1 Å². The molecule has 1 aromatic heterocycles. The molecule has 0 fully saturated rings. The van der Waals surface area contributed by atoms with E-state index >= 15 is 0 Å². The second-order valence-corrected chi connectivity index (χ2v) is 2.45. The zero-order valence-electron chi connectivity index (χ0n) is 7.80. The summed E-state index contributed by atoms with van der Waals surface area (Å²) < 4.78 is 4.94. The van der Waals surface area contributed by atoms with Crippen molar-refractivity contribution >= 4 is 22.9 Å². The largest absolute Gasteiger partial charge is 0.481 e. The number of ether oxygens (including phenoxy) is 1. The molecule has 0 aromatic carbocycles. The lowest BCUT2D eigenvalue weighted by Crippen LogP contribution is -2.22. The molecule has 0 aliphatic heterocycles. The van der Waals surface area contributed by atoms with Crippen molar-refractivity contribution in [3.8, 4) is 5.88 Å². The topological polar surface area (TPSA) is 86.5 Å². The van der Waals surface area contributed by atoms with E-state index in [2.05, 4.69) is 9.98 Å². The van der Waals surface area contributed by atoms with Crippen molar-refractivity contribution in [2.45, 2.75) is 6.54 Å². The lowest BCUT2D eigenvalue weighted by Gasteiger charge is -2.00. The summed E-state index contributed by atoms with van der Waals surface area (Å²) in [4.78, 5) is 7.81. The third kappa shape index (κ3) is 4.08. The Morgan fingerprint density at radius 1 is 1.57 bits per heavy atom. The summed E-state index contributed by atoms with van der Waals surface area (Å²) in [6.45, 7) is 0.446. The molecule has 78 valence electrons. The molecule has 0 bridgehead atoms. The van der Waals surface area contributed by atoms with Gasteiger partial charge in [-0.1, -0.05) is 0 Å². The maximum atomic E-state index is 5.19. The molecular formula is C8H13BrN4O. The molecule has 0 saturated carbocycles. The number of aromatic nitrogens is 1. The average molecular weight is 261 g/mol. The number of rotatable bonds is 3. The fraction of sp³-hybridized carbons (Fsp3) is 0.250. The van der Waals surface area contributed by atoms with Crippen LogP contribution in [0.15, 0.2) is 23.3 Å². The predicted octanol–water partition coefficient (Wildman–Crippen LogP) is 0.442. The number of nitrogens with two attached hydrogens (primary N) is 2. The lowest BCUT2D eigenvalue weighted by molar-refractivity contribution is 0.397. The molecule has 0 atom stereocenters. The summed E-state index contributed by atoms with van der Waals surface area (Å²) in [5.74, 6) is 0.638. The van der Waals surface area contributed by atoms with Crippen LogP contribution in [0, 0.1) is 0 Å². The minimum atomic E-state index is 0. The number of guanidine groups is 1. The van der Waals surface area contributed by atoms with Gasteiger partial charge in [0.05, 0.1) is 13.7 Å². The summed E-state index contributed by atoms with van der Waals surface area (Å²) >= 11 is 0. The Balaban J connectivity index is 0.00000169. The van der Waals surface area contributed by atoms with Gasteiger partial charge in [-0.15, -0.1) is 17.0 Å². The smallest absolute Gasteiger partial charge is 0.213 e. The van der Waals surface area contributed by atoms with Crippen LogP contribution in [0.1, 0.15) is 5.56 Å². The van der Waals surface area contributed by atoms with Crippen LogP contribution in [0.3, 0.4) is 0 Å². The van der Waals surface area contributed by atoms with Gasteiger partial charge in [-0.05, 0) is 11.6 Å². The van der Waals surface area contributed by atoms with Gasteiger partial charge in [0.25, 0.3) is 0 Å². The third-order valence-corrected chi connectivity index (χ3v) is 1.45. The number of nitrogens with zero attached hydrogens (tertiary/aromatic N) is 2. The maximum absolute atomic E-state index is 5.19. The van der Waals surface area contributed by atoms with Gasteiger partial charge in [-0.3, -0.25) is 0 Å². The first-order valence-electron chi connectivity index (χ1n) is 3.76. The van der Waals surface area contributed by atoms with Gasteiger partial charge in [0.2, 0.25) is 5.88 Å². The minimum Gasteiger partial charge on any atom is -0.481 e. The normalized spacial score (nSPS) is 8.64. The molecule has 0 unspecified atom stereocenters. The van der Waals surface area contributed by atoms with E-state index in [9.17, 15) is 0 Å². The van der Waals surface area contributed by atoms with Crippen LogP contribution in [0.2, 0.25) is 0 Å². The maximum Gasteiger partial charge on any atom is 0.213 e. The average Bonchev–Trinajstić information content (AvgIpc) is 2.15. The molecule has 6 heteroatoms. The van der Waals surface area contributed by atoms with Crippen molar-refractivity contribution in [1.29, 1.82) is 0 Å². The molecule has 0 spiro atoms. The van der Waals surface area contributed by atoms with E-state index in [0.29, 0.717) is 12.4 Å². The molecule has 0 amide bonds. The molecule has 5 nitrogen and oxygen atoms in total. The van der Waals surface area contributed by atoms with Gasteiger partial charge >= 0.3 is 0 Å². The molecule has 4 N–H and O–H groups in total. The van der Waals surface area contributed by atoms with Gasteiger partial charge in [0.1, 0.15) is 0 Å². The van der Waals surface area contributed by atoms with Crippen LogP contribution in [0.25, 0.3) is 0 Å². The first kappa shape index (κ1) is 12.7. The summed E-state index contributed by atoms with van der Waals surface area (Å²) in [7, 11) is 1.56. The van der Waals surface area contributed by atoms with Crippen LogP contribution < -0.4 is 16.2 Å². The van der Waals surface area contributed by atoms with Crippen LogP contribution in [0.4, 0.5) is 0 Å². The van der Waals surface area contributed by atoms with Crippen molar-refractivity contribution in [3.05, 3.63) is 23.9 Å². The number of aliphatic imine (C=N–C) groups is 1. The van der Waals surface area contributed by atoms with E-state index in [1.165, 1.54) is 0 Å². The number of hydrogen-bond acceptors (Lipinski definition) is 3. The van der Waals surface area contributed by atoms with Crippen molar-refractivity contribution in [1.82, 2.24) is 4.98 Å². The molecule has 1 rings (SSSR count). The molecule has 0 radical (unpaired) electrons. The van der Waals surface area contributed by atoms with Crippen molar-refractivity contribution in [2.75, 3.05) is 7.11 Å². The Morgan fingerprint density at radius 3 is 2.86 bits per heavy atom. The second kappa shape index (κ2) is 6.20. The minimum absolute atomic E-state index is 0. The highest BCUT2D eigenvalue weighted by atomic mass is 79.9. The number of pyridine rings is 1. The lowest BCUT2D eigenvalue weighted by atomic mass is 10.3. The summed E-state index contributed by atoms with van der Waals surface area (Å²) in [5, 5.41) is 0. The monoisotopic (exact) mass is 260 g/mol. The van der Waals surface area contributed by atoms with E-state index in [1.54, 1.807) is 19.4 Å². The zero-order valence-corrected chi connectivity index (χ0v) is 9.52. The zero-order chi connectivity index (χ0) is 9.68. The quantitative estimate of drug-likeness (QED) is 0.610. The van der Waals surface area contributed by atoms with E-state index in [4.69, 9.17) is 16.2 Å². The predicted molar refractivity (Wildman–Crippen MR) is 60.6 cm³/mol. The molecule has 0 aliphatic carbocycles.